The Balaban J connectivity index is 2.06. The van der Waals surface area contributed by atoms with Crippen molar-refractivity contribution in [3.05, 3.63) is 82.1 Å². The number of carbonyl (C=O) groups excluding carboxylic acids is 1. The average Bonchev–Trinajstić information content (AvgIpc) is 2.71. The molecule has 0 aliphatic rings. The number of benzene rings is 3. The second-order valence-corrected chi connectivity index (χ2v) is 9.56. The lowest BCUT2D eigenvalue weighted by Crippen LogP contribution is -2.38. The number of nitrogens with zero attached hydrogens (tertiary/aromatic N) is 1. The highest BCUT2D eigenvalue weighted by molar-refractivity contribution is 7.93. The molecule has 0 saturated heterocycles. The fourth-order valence-electron chi connectivity index (χ4n) is 3.00. The zero-order valence-corrected chi connectivity index (χ0v) is 19.4. The van der Waals surface area contributed by atoms with E-state index in [4.69, 9.17) is 27.9 Å². The van der Waals surface area contributed by atoms with Gasteiger partial charge in [-0.15, -0.1) is 0 Å². The van der Waals surface area contributed by atoms with Gasteiger partial charge in [-0.2, -0.15) is 0 Å². The zero-order valence-electron chi connectivity index (χ0n) is 17.1. The Bertz CT molecular complexity index is 1250. The van der Waals surface area contributed by atoms with Crippen LogP contribution in [0.15, 0.2) is 65.6 Å². The molecule has 3 aromatic rings. The van der Waals surface area contributed by atoms with Gasteiger partial charge in [0.2, 0.25) is 5.91 Å². The van der Waals surface area contributed by atoms with E-state index in [1.165, 1.54) is 55.6 Å². The van der Waals surface area contributed by atoms with Crippen LogP contribution in [0.1, 0.15) is 5.56 Å². The van der Waals surface area contributed by atoms with Crippen LogP contribution in [0, 0.1) is 12.7 Å². The van der Waals surface area contributed by atoms with E-state index in [1.54, 1.807) is 13.0 Å². The van der Waals surface area contributed by atoms with Crippen molar-refractivity contribution in [2.45, 2.75) is 11.8 Å². The Kier molecular flexibility index (Phi) is 7.28. The number of anilines is 2. The molecule has 0 aromatic heterocycles. The second kappa shape index (κ2) is 9.77. The molecule has 0 heterocycles. The summed E-state index contributed by atoms with van der Waals surface area (Å²) < 4.78 is 46.9. The maximum Gasteiger partial charge on any atom is 0.268 e. The monoisotopic (exact) mass is 496 g/mol. The number of methoxy groups -OCH3 is 1. The third-order valence-corrected chi connectivity index (χ3v) is 6.65. The second-order valence-electron chi connectivity index (χ2n) is 6.85. The van der Waals surface area contributed by atoms with Crippen LogP contribution in [0.5, 0.6) is 5.75 Å². The third-order valence-electron chi connectivity index (χ3n) is 4.42. The van der Waals surface area contributed by atoms with Gasteiger partial charge in [0, 0.05) is 15.7 Å². The third kappa shape index (κ3) is 5.51. The Morgan fingerprint density at radius 1 is 1.06 bits per heavy atom. The van der Waals surface area contributed by atoms with E-state index in [1.807, 2.05) is 0 Å². The first-order valence-corrected chi connectivity index (χ1v) is 11.5. The van der Waals surface area contributed by atoms with Crippen LogP contribution in [-0.2, 0) is 14.8 Å². The molecule has 32 heavy (non-hydrogen) atoms. The molecule has 0 aliphatic carbocycles. The summed E-state index contributed by atoms with van der Waals surface area (Å²) in [6.45, 7) is 1.11. The molecule has 3 aromatic carbocycles. The van der Waals surface area contributed by atoms with E-state index in [0.717, 1.165) is 10.4 Å². The Morgan fingerprint density at radius 3 is 2.38 bits per heavy atom. The van der Waals surface area contributed by atoms with Gasteiger partial charge in [0.1, 0.15) is 23.0 Å². The SMILES string of the molecule is COc1ccc(C)cc1S(=O)(=O)N(CC(=O)Nc1cccc(F)c1)c1cc(Cl)cc(Cl)c1. The fraction of sp³-hybridized carbons (Fsp3) is 0.136. The van der Waals surface area contributed by atoms with E-state index in [0.29, 0.717) is 5.56 Å². The Hall–Kier alpha value is -2.81. The maximum absolute atomic E-state index is 13.6. The highest BCUT2D eigenvalue weighted by atomic mass is 35.5. The van der Waals surface area contributed by atoms with Crippen LogP contribution in [0.2, 0.25) is 10.0 Å². The molecule has 1 N–H and O–H groups in total. The molecule has 0 radical (unpaired) electrons. The molecule has 0 aliphatic heterocycles. The average molecular weight is 497 g/mol. The quantitative estimate of drug-likeness (QED) is 0.482. The smallest absolute Gasteiger partial charge is 0.268 e. The first-order chi connectivity index (χ1) is 15.1. The summed E-state index contributed by atoms with van der Waals surface area (Å²) in [4.78, 5) is 12.6. The number of halogens is 3. The van der Waals surface area contributed by atoms with E-state index in [9.17, 15) is 17.6 Å². The number of hydrogen-bond acceptors (Lipinski definition) is 4. The zero-order chi connectivity index (χ0) is 23.5. The van der Waals surface area contributed by atoms with Crippen molar-refractivity contribution in [2.24, 2.45) is 0 Å². The standard InChI is InChI=1S/C22H19Cl2FN2O4S/c1-14-6-7-20(31-2)21(8-14)32(29,30)27(19-10-15(23)9-16(24)11-19)13-22(28)26-18-5-3-4-17(25)12-18/h3-12H,13H2,1-2H3,(H,26,28). The van der Waals surface area contributed by atoms with Crippen molar-refractivity contribution in [3.8, 4) is 5.75 Å². The Morgan fingerprint density at radius 2 is 1.75 bits per heavy atom. The van der Waals surface area contributed by atoms with Gasteiger partial charge in [0.25, 0.3) is 10.0 Å². The molecule has 168 valence electrons. The largest absolute Gasteiger partial charge is 0.495 e. The number of hydrogen-bond donors (Lipinski definition) is 1. The van der Waals surface area contributed by atoms with Crippen LogP contribution < -0.4 is 14.4 Å². The summed E-state index contributed by atoms with van der Waals surface area (Å²) in [5.41, 5.74) is 0.947. The lowest BCUT2D eigenvalue weighted by Gasteiger charge is -2.25. The van der Waals surface area contributed by atoms with Crippen molar-refractivity contribution < 1.29 is 22.3 Å². The van der Waals surface area contributed by atoms with Crippen molar-refractivity contribution >= 4 is 50.5 Å². The highest BCUT2D eigenvalue weighted by Crippen LogP contribution is 2.33. The van der Waals surface area contributed by atoms with Gasteiger partial charge >= 0.3 is 0 Å². The van der Waals surface area contributed by atoms with Crippen LogP contribution in [0.3, 0.4) is 0 Å². The van der Waals surface area contributed by atoms with E-state index < -0.39 is 28.3 Å². The predicted molar refractivity (Wildman–Crippen MR) is 124 cm³/mol. The van der Waals surface area contributed by atoms with Crippen molar-refractivity contribution in [1.29, 1.82) is 0 Å². The van der Waals surface area contributed by atoms with E-state index in [-0.39, 0.29) is 32.1 Å². The van der Waals surface area contributed by atoms with Crippen LogP contribution in [-0.4, -0.2) is 28.0 Å². The lowest BCUT2D eigenvalue weighted by atomic mass is 10.2. The molecule has 0 spiro atoms. The molecular formula is C22H19Cl2FN2O4S. The fourth-order valence-corrected chi connectivity index (χ4v) is 5.16. The number of sulfonamides is 1. The van der Waals surface area contributed by atoms with Crippen molar-refractivity contribution in [3.63, 3.8) is 0 Å². The summed E-state index contributed by atoms with van der Waals surface area (Å²) in [6, 6.07) is 14.1. The van der Waals surface area contributed by atoms with Gasteiger partial charge < -0.3 is 10.1 Å². The van der Waals surface area contributed by atoms with Gasteiger partial charge in [-0.25, -0.2) is 12.8 Å². The molecule has 0 atom stereocenters. The summed E-state index contributed by atoms with van der Waals surface area (Å²) in [7, 11) is -2.94. The van der Waals surface area contributed by atoms with Crippen LogP contribution in [0.25, 0.3) is 0 Å². The van der Waals surface area contributed by atoms with Crippen molar-refractivity contribution in [2.75, 3.05) is 23.3 Å². The molecule has 0 unspecified atom stereocenters. The maximum atomic E-state index is 13.6. The number of amides is 1. The summed E-state index contributed by atoms with van der Waals surface area (Å²) in [5.74, 6) is -1.13. The van der Waals surface area contributed by atoms with Crippen LogP contribution >= 0.6 is 23.2 Å². The topological polar surface area (TPSA) is 75.7 Å². The number of nitrogens with one attached hydrogen (secondary N) is 1. The molecule has 3 rings (SSSR count). The summed E-state index contributed by atoms with van der Waals surface area (Å²) >= 11 is 12.2. The normalized spacial score (nSPS) is 11.2. The minimum Gasteiger partial charge on any atom is -0.495 e. The molecule has 6 nitrogen and oxygen atoms in total. The molecule has 0 fully saturated rings. The van der Waals surface area contributed by atoms with Gasteiger partial charge in [0.15, 0.2) is 0 Å². The minimum absolute atomic E-state index is 0.0838. The molecule has 0 saturated carbocycles. The molecule has 0 bridgehead atoms. The molecule has 10 heteroatoms. The van der Waals surface area contributed by atoms with Gasteiger partial charge in [-0.05, 0) is 61.0 Å². The number of aryl methyl sites for hydroxylation is 1. The van der Waals surface area contributed by atoms with E-state index in [2.05, 4.69) is 5.32 Å². The van der Waals surface area contributed by atoms with Crippen LogP contribution in [0.4, 0.5) is 15.8 Å². The molecule has 1 amide bonds. The highest BCUT2D eigenvalue weighted by Gasteiger charge is 2.30. The number of ether oxygens (including phenoxy) is 1. The first kappa shape index (κ1) is 23.8. The lowest BCUT2D eigenvalue weighted by molar-refractivity contribution is -0.114. The summed E-state index contributed by atoms with van der Waals surface area (Å²) in [6.07, 6.45) is 0. The minimum atomic E-state index is -4.29. The Labute approximate surface area is 195 Å². The van der Waals surface area contributed by atoms with Crippen molar-refractivity contribution in [1.82, 2.24) is 0 Å². The predicted octanol–water partition coefficient (Wildman–Crippen LogP) is 5.28. The number of rotatable bonds is 7. The first-order valence-electron chi connectivity index (χ1n) is 9.29. The summed E-state index contributed by atoms with van der Waals surface area (Å²) in [5, 5.41) is 2.87. The van der Waals surface area contributed by atoms with Gasteiger partial charge in [-0.3, -0.25) is 9.10 Å². The van der Waals surface area contributed by atoms with Gasteiger partial charge in [-0.1, -0.05) is 35.3 Å². The van der Waals surface area contributed by atoms with E-state index >= 15 is 0 Å². The molecular weight excluding hydrogens is 478 g/mol. The van der Waals surface area contributed by atoms with Gasteiger partial charge in [0.05, 0.1) is 12.8 Å². The number of carbonyl (C=O) groups is 1.